The molecule has 0 aromatic heterocycles. The van der Waals surface area contributed by atoms with Crippen LogP contribution in [0.5, 0.6) is 0 Å². The number of nitrogens with one attached hydrogen (secondary N) is 2. The Morgan fingerprint density at radius 2 is 2.05 bits per heavy atom. The third-order valence-electron chi connectivity index (χ3n) is 4.43. The first kappa shape index (κ1) is 13.9. The average Bonchev–Trinajstić information content (AvgIpc) is 2.95. The van der Waals surface area contributed by atoms with Gasteiger partial charge in [0, 0.05) is 24.3 Å². The molecule has 0 bridgehead atoms. The number of rotatable bonds is 2. The molecule has 2 N–H and O–H groups in total. The molecule has 2 aliphatic rings. The van der Waals surface area contributed by atoms with E-state index in [0.717, 1.165) is 19.4 Å². The lowest BCUT2D eigenvalue weighted by Crippen LogP contribution is -2.48. The highest BCUT2D eigenvalue weighted by molar-refractivity contribution is 5.89. The van der Waals surface area contributed by atoms with Crippen LogP contribution in [0.1, 0.15) is 31.2 Å². The van der Waals surface area contributed by atoms with Gasteiger partial charge >= 0.3 is 6.03 Å². The van der Waals surface area contributed by atoms with Crippen LogP contribution in [0.15, 0.2) is 24.3 Å². The number of anilines is 1. The number of fused-ring (bicyclic) bond motifs is 1. The number of hydrogen-bond acceptors (Lipinski definition) is 3. The molecule has 2 atom stereocenters. The van der Waals surface area contributed by atoms with Crippen LogP contribution in [0.4, 0.5) is 10.5 Å². The van der Waals surface area contributed by atoms with Gasteiger partial charge in [-0.05, 0) is 56.5 Å². The molecule has 0 unspecified atom stereocenters. The third kappa shape index (κ3) is 3.34. The number of carbonyl (C=O) groups excluding carboxylic acids is 1. The van der Waals surface area contributed by atoms with Crippen LogP contribution in [0.2, 0.25) is 0 Å². The molecule has 110 valence electrons. The summed E-state index contributed by atoms with van der Waals surface area (Å²) < 4.78 is 0. The normalized spacial score (nSPS) is 24.9. The second kappa shape index (κ2) is 6.15. The zero-order valence-corrected chi connectivity index (χ0v) is 12.0. The molecule has 3 rings (SSSR count). The van der Waals surface area contributed by atoms with Gasteiger partial charge in [0.05, 0.1) is 11.6 Å². The van der Waals surface area contributed by atoms with Gasteiger partial charge in [-0.15, -0.1) is 0 Å². The first-order valence-electron chi connectivity index (χ1n) is 7.56. The zero-order valence-electron chi connectivity index (χ0n) is 12.0. The van der Waals surface area contributed by atoms with Crippen molar-refractivity contribution in [2.45, 2.75) is 37.8 Å². The van der Waals surface area contributed by atoms with Crippen LogP contribution >= 0.6 is 0 Å². The second-order valence-electron chi connectivity index (χ2n) is 5.84. The third-order valence-corrected chi connectivity index (χ3v) is 4.43. The summed E-state index contributed by atoms with van der Waals surface area (Å²) in [4.78, 5) is 14.6. The van der Waals surface area contributed by atoms with Gasteiger partial charge in [0.1, 0.15) is 0 Å². The number of carbonyl (C=O) groups is 1. The van der Waals surface area contributed by atoms with E-state index in [9.17, 15) is 4.79 Å². The van der Waals surface area contributed by atoms with Gasteiger partial charge in [0.15, 0.2) is 0 Å². The lowest BCUT2D eigenvalue weighted by molar-refractivity contribution is 0.168. The molecule has 0 spiro atoms. The first-order chi connectivity index (χ1) is 10.2. The standard InChI is InChI=1S/C16H20N4O/c17-11-12-3-5-13(6-4-12)18-16(21)19-14-7-9-20-8-1-2-15(20)10-14/h3-6,14-15H,1-2,7-10H2,(H2,18,19,21)/t14-,15+/m0/s1. The van der Waals surface area contributed by atoms with Gasteiger partial charge in [-0.25, -0.2) is 4.79 Å². The van der Waals surface area contributed by atoms with Crippen LogP contribution in [-0.2, 0) is 0 Å². The molecule has 5 nitrogen and oxygen atoms in total. The van der Waals surface area contributed by atoms with E-state index in [1.165, 1.54) is 19.4 Å². The van der Waals surface area contributed by atoms with Crippen molar-refractivity contribution in [3.8, 4) is 6.07 Å². The molecule has 0 aliphatic carbocycles. The van der Waals surface area contributed by atoms with Gasteiger partial charge in [0.25, 0.3) is 0 Å². The molecule has 0 saturated carbocycles. The second-order valence-corrected chi connectivity index (χ2v) is 5.84. The topological polar surface area (TPSA) is 68.2 Å². The molecule has 21 heavy (non-hydrogen) atoms. The first-order valence-corrected chi connectivity index (χ1v) is 7.56. The van der Waals surface area contributed by atoms with E-state index in [1.807, 2.05) is 0 Å². The predicted octanol–water partition coefficient (Wildman–Crippen LogP) is 2.31. The van der Waals surface area contributed by atoms with E-state index in [4.69, 9.17) is 5.26 Å². The summed E-state index contributed by atoms with van der Waals surface area (Å²) in [6.07, 6.45) is 4.63. The number of nitriles is 1. The van der Waals surface area contributed by atoms with Crippen LogP contribution in [0.25, 0.3) is 0 Å². The highest BCUT2D eigenvalue weighted by Crippen LogP contribution is 2.26. The van der Waals surface area contributed by atoms with Gasteiger partial charge in [-0.1, -0.05) is 0 Å². The highest BCUT2D eigenvalue weighted by Gasteiger charge is 2.32. The monoisotopic (exact) mass is 284 g/mol. The van der Waals surface area contributed by atoms with Gasteiger partial charge in [-0.2, -0.15) is 5.26 Å². The largest absolute Gasteiger partial charge is 0.335 e. The maximum atomic E-state index is 12.0. The van der Waals surface area contributed by atoms with Gasteiger partial charge < -0.3 is 15.5 Å². The van der Waals surface area contributed by atoms with Gasteiger partial charge in [-0.3, -0.25) is 0 Å². The summed E-state index contributed by atoms with van der Waals surface area (Å²) in [5.74, 6) is 0. The molecular formula is C16H20N4O. The van der Waals surface area contributed by atoms with Crippen molar-refractivity contribution in [2.75, 3.05) is 18.4 Å². The number of benzene rings is 1. The SMILES string of the molecule is N#Cc1ccc(NC(=O)N[C@H]2CCN3CCC[C@@H]3C2)cc1. The fraction of sp³-hybridized carbons (Fsp3) is 0.500. The molecule has 2 aliphatic heterocycles. The van der Waals surface area contributed by atoms with Crippen molar-refractivity contribution in [2.24, 2.45) is 0 Å². The number of piperidine rings is 1. The van der Waals surface area contributed by atoms with Crippen molar-refractivity contribution in [1.29, 1.82) is 5.26 Å². The lowest BCUT2D eigenvalue weighted by atomic mass is 9.98. The Labute approximate surface area is 124 Å². The Hall–Kier alpha value is -2.06. The summed E-state index contributed by atoms with van der Waals surface area (Å²) in [7, 11) is 0. The smallest absolute Gasteiger partial charge is 0.319 e. The van der Waals surface area contributed by atoms with Crippen molar-refractivity contribution >= 4 is 11.7 Å². The van der Waals surface area contributed by atoms with E-state index in [-0.39, 0.29) is 12.1 Å². The van der Waals surface area contributed by atoms with E-state index < -0.39 is 0 Å². The van der Waals surface area contributed by atoms with Crippen LogP contribution in [0, 0.1) is 11.3 Å². The van der Waals surface area contributed by atoms with E-state index in [2.05, 4.69) is 21.6 Å². The van der Waals surface area contributed by atoms with Crippen molar-refractivity contribution in [3.05, 3.63) is 29.8 Å². The quantitative estimate of drug-likeness (QED) is 0.875. The Bertz CT molecular complexity index is 548. The Kier molecular flexibility index (Phi) is 4.07. The Morgan fingerprint density at radius 3 is 2.81 bits per heavy atom. The molecule has 1 aromatic carbocycles. The molecule has 2 saturated heterocycles. The number of hydrogen-bond donors (Lipinski definition) is 2. The predicted molar refractivity (Wildman–Crippen MR) is 80.9 cm³/mol. The van der Waals surface area contributed by atoms with Gasteiger partial charge in [0.2, 0.25) is 0 Å². The molecule has 2 amide bonds. The fourth-order valence-electron chi connectivity index (χ4n) is 3.34. The lowest BCUT2D eigenvalue weighted by Gasteiger charge is -2.35. The molecule has 0 radical (unpaired) electrons. The van der Waals surface area contributed by atoms with E-state index >= 15 is 0 Å². The maximum Gasteiger partial charge on any atom is 0.319 e. The minimum absolute atomic E-state index is 0.156. The Morgan fingerprint density at radius 1 is 1.24 bits per heavy atom. The highest BCUT2D eigenvalue weighted by atomic mass is 16.2. The van der Waals surface area contributed by atoms with Crippen LogP contribution in [-0.4, -0.2) is 36.1 Å². The van der Waals surface area contributed by atoms with Crippen molar-refractivity contribution < 1.29 is 4.79 Å². The molecule has 2 heterocycles. The molecule has 1 aromatic rings. The molecule has 2 fully saturated rings. The maximum absolute atomic E-state index is 12.0. The summed E-state index contributed by atoms with van der Waals surface area (Å²) in [5, 5.41) is 14.6. The van der Waals surface area contributed by atoms with E-state index in [0.29, 0.717) is 17.3 Å². The van der Waals surface area contributed by atoms with Crippen LogP contribution < -0.4 is 10.6 Å². The average molecular weight is 284 g/mol. The Balaban J connectivity index is 1.50. The summed E-state index contributed by atoms with van der Waals surface area (Å²) in [5.41, 5.74) is 1.30. The molecular weight excluding hydrogens is 264 g/mol. The number of urea groups is 1. The summed E-state index contributed by atoms with van der Waals surface area (Å²) in [6, 6.07) is 9.72. The fourth-order valence-corrected chi connectivity index (χ4v) is 3.34. The minimum atomic E-state index is -0.156. The summed E-state index contributed by atoms with van der Waals surface area (Å²) in [6.45, 7) is 2.31. The van der Waals surface area contributed by atoms with Crippen molar-refractivity contribution in [1.82, 2.24) is 10.2 Å². The number of amides is 2. The molecule has 5 heteroatoms. The van der Waals surface area contributed by atoms with Crippen molar-refractivity contribution in [3.63, 3.8) is 0 Å². The van der Waals surface area contributed by atoms with Crippen LogP contribution in [0.3, 0.4) is 0 Å². The summed E-state index contributed by atoms with van der Waals surface area (Å²) >= 11 is 0. The number of nitrogens with zero attached hydrogens (tertiary/aromatic N) is 2. The van der Waals surface area contributed by atoms with E-state index in [1.54, 1.807) is 24.3 Å². The zero-order chi connectivity index (χ0) is 14.7. The minimum Gasteiger partial charge on any atom is -0.335 e.